The van der Waals surface area contributed by atoms with E-state index in [0.29, 0.717) is 56.2 Å². The Labute approximate surface area is 475 Å². The summed E-state index contributed by atoms with van der Waals surface area (Å²) in [6, 6.07) is 12.0. The number of imide groups is 1. The van der Waals surface area contributed by atoms with Gasteiger partial charge >= 0.3 is 24.2 Å². The Bertz CT molecular complexity index is 2580. The SMILES string of the molecule is C/C(=C\c1cccc(N(C)C)c1)[C@H]1OC(=O)C[C@H](O)CC[C@H](C)[C@@H](OC(=O)N2CCN(C(=O)OCc3ccc(NC(=O)[C@H](CCCCNC(N)=O)NC(=O)[C@@H](NC(=O)CCCCCN4C(=O)C=CC4=O)C(C)C)cc3)CC2)/C=C/[C@@H]1C. The highest BCUT2D eigenvalue weighted by Gasteiger charge is 2.32. The van der Waals surface area contributed by atoms with Crippen molar-refractivity contribution in [3.8, 4) is 0 Å². The van der Waals surface area contributed by atoms with E-state index in [1.54, 1.807) is 43.0 Å². The van der Waals surface area contributed by atoms with Gasteiger partial charge in [-0.3, -0.25) is 33.7 Å². The minimum Gasteiger partial charge on any atom is -0.457 e. The van der Waals surface area contributed by atoms with Crippen LogP contribution in [0.2, 0.25) is 0 Å². The first kappa shape index (κ1) is 64.1. The van der Waals surface area contributed by atoms with Crippen LogP contribution in [0.15, 0.2) is 78.4 Å². The summed E-state index contributed by atoms with van der Waals surface area (Å²) in [4.78, 5) is 121. The van der Waals surface area contributed by atoms with Crippen molar-refractivity contribution in [3.05, 3.63) is 89.5 Å². The Balaban J connectivity index is 1.11. The molecule has 5 rings (SSSR count). The molecule has 2 aromatic rings. The number of carbonyl (C=O) groups excluding carboxylic acids is 9. The predicted molar refractivity (Wildman–Crippen MR) is 305 cm³/mol. The van der Waals surface area contributed by atoms with Gasteiger partial charge in [-0.1, -0.05) is 70.5 Å². The normalized spacial score (nSPS) is 21.0. The van der Waals surface area contributed by atoms with E-state index >= 15 is 0 Å². The Kier molecular flexibility index (Phi) is 25.2. The van der Waals surface area contributed by atoms with Gasteiger partial charge in [0.1, 0.15) is 30.9 Å². The lowest BCUT2D eigenvalue weighted by molar-refractivity contribution is -0.151. The molecule has 3 aliphatic rings. The molecule has 22 nitrogen and oxygen atoms in total. The molecule has 22 heteroatoms. The highest BCUT2D eigenvalue weighted by Crippen LogP contribution is 2.27. The molecule has 0 bridgehead atoms. The molecule has 1 saturated heterocycles. The van der Waals surface area contributed by atoms with Crippen LogP contribution in [0.5, 0.6) is 0 Å². The summed E-state index contributed by atoms with van der Waals surface area (Å²) >= 11 is 0. The average molecular weight is 1130 g/mol. The van der Waals surface area contributed by atoms with Crippen LogP contribution in [0.1, 0.15) is 110 Å². The Morgan fingerprint density at radius 3 is 2.17 bits per heavy atom. The number of anilines is 2. The molecule has 442 valence electrons. The van der Waals surface area contributed by atoms with Gasteiger partial charge in [-0.25, -0.2) is 14.4 Å². The number of nitrogens with zero attached hydrogens (tertiary/aromatic N) is 4. The lowest BCUT2D eigenvalue weighted by Gasteiger charge is -2.35. The maximum absolute atomic E-state index is 13.7. The second-order valence-corrected chi connectivity index (χ2v) is 21.6. The molecule has 0 saturated carbocycles. The maximum Gasteiger partial charge on any atom is 0.410 e. The van der Waals surface area contributed by atoms with E-state index in [0.717, 1.165) is 21.7 Å². The second kappa shape index (κ2) is 31.9. The van der Waals surface area contributed by atoms with Crippen LogP contribution in [-0.4, -0.2) is 157 Å². The molecule has 3 heterocycles. The number of primary amides is 1. The molecular formula is C59H83N9O13. The Morgan fingerprint density at radius 1 is 0.840 bits per heavy atom. The van der Waals surface area contributed by atoms with Crippen molar-refractivity contribution in [1.29, 1.82) is 0 Å². The average Bonchev–Trinajstić information content (AvgIpc) is 3.76. The van der Waals surface area contributed by atoms with Crippen LogP contribution in [0, 0.1) is 17.8 Å². The van der Waals surface area contributed by atoms with Crippen molar-refractivity contribution in [2.45, 2.75) is 136 Å². The summed E-state index contributed by atoms with van der Waals surface area (Å²) in [5.74, 6) is -3.47. The Hall–Kier alpha value is -7.75. The number of nitrogens with one attached hydrogen (secondary N) is 4. The highest BCUT2D eigenvalue weighted by molar-refractivity contribution is 6.12. The zero-order valence-corrected chi connectivity index (χ0v) is 47.9. The molecule has 0 aromatic heterocycles. The molecule has 0 spiro atoms. The topological polar surface area (TPSA) is 289 Å². The van der Waals surface area contributed by atoms with Crippen LogP contribution in [-0.2, 0) is 49.6 Å². The predicted octanol–water partition coefficient (Wildman–Crippen LogP) is 5.79. The number of rotatable bonds is 23. The number of hydrogen-bond acceptors (Lipinski definition) is 14. The third kappa shape index (κ3) is 21.0. The number of unbranched alkanes of at least 4 members (excludes halogenated alkanes) is 3. The summed E-state index contributed by atoms with van der Waals surface area (Å²) in [6.45, 7) is 10.6. The molecule has 1 fully saturated rings. The smallest absolute Gasteiger partial charge is 0.410 e. The van der Waals surface area contributed by atoms with Gasteiger partial charge in [-0.2, -0.15) is 0 Å². The van der Waals surface area contributed by atoms with E-state index in [4.69, 9.17) is 19.9 Å². The maximum atomic E-state index is 13.7. The Morgan fingerprint density at radius 2 is 1.52 bits per heavy atom. The first-order valence-corrected chi connectivity index (χ1v) is 28.0. The highest BCUT2D eigenvalue weighted by atomic mass is 16.6. The van der Waals surface area contributed by atoms with Gasteiger partial charge in [-0.15, -0.1) is 0 Å². The summed E-state index contributed by atoms with van der Waals surface area (Å²) in [7, 11) is 3.92. The van der Waals surface area contributed by atoms with Gasteiger partial charge in [0.05, 0.1) is 12.5 Å². The minimum absolute atomic E-state index is 0.0774. The van der Waals surface area contributed by atoms with E-state index in [-0.39, 0.29) is 101 Å². The number of ether oxygens (including phenoxy) is 3. The van der Waals surface area contributed by atoms with Gasteiger partial charge in [0.2, 0.25) is 17.7 Å². The van der Waals surface area contributed by atoms with Gasteiger partial charge < -0.3 is 61.0 Å². The van der Waals surface area contributed by atoms with Crippen molar-refractivity contribution >= 4 is 71.2 Å². The van der Waals surface area contributed by atoms with Crippen molar-refractivity contribution in [3.63, 3.8) is 0 Å². The molecule has 81 heavy (non-hydrogen) atoms. The molecule has 7 atom stereocenters. The number of aliphatic hydroxyl groups is 1. The lowest BCUT2D eigenvalue weighted by atomic mass is 9.91. The van der Waals surface area contributed by atoms with Crippen molar-refractivity contribution in [2.24, 2.45) is 23.5 Å². The standard InChI is InChI=1S/C59H83N9O13/c1-38(2)53(64-49(70)17-9-8-12-29-68-50(71)26-27-51(68)72)56(75)63-47(16-10-11-28-61-57(60)76)55(74)62-44-22-20-42(21-23-44)37-79-58(77)66-30-32-67(33-31-66)59(78)80-48-25-19-40(4)54(81-52(73)36-46(69)24-18-39(48)3)41(5)34-43-14-13-15-45(35-43)65(6)7/h13-15,19-23,25-27,34-35,38-40,46-48,53-54,69H,8-12,16-18,24,28-33,36-37H2,1-7H3,(H,62,74)(H,63,75)(H,64,70)(H3,60,61,76)/b25-19+,41-34+/t39-,40-,46+,47-,48-,53-,54-/m0/s1. The number of esters is 1. The minimum atomic E-state index is -1.02. The van der Waals surface area contributed by atoms with Crippen LogP contribution in [0.4, 0.5) is 25.8 Å². The van der Waals surface area contributed by atoms with Gasteiger partial charge in [-0.05, 0) is 111 Å². The van der Waals surface area contributed by atoms with Crippen LogP contribution < -0.4 is 31.9 Å². The van der Waals surface area contributed by atoms with Crippen LogP contribution >= 0.6 is 0 Å². The van der Waals surface area contributed by atoms with Crippen LogP contribution in [0.25, 0.3) is 6.08 Å². The van der Waals surface area contributed by atoms with Crippen LogP contribution in [0.3, 0.4) is 0 Å². The number of hydrogen-bond donors (Lipinski definition) is 6. The number of piperazine rings is 1. The summed E-state index contributed by atoms with van der Waals surface area (Å²) in [5, 5.41) is 21.7. The monoisotopic (exact) mass is 1130 g/mol. The van der Waals surface area contributed by atoms with Crippen molar-refractivity contribution in [2.75, 3.05) is 63.6 Å². The largest absolute Gasteiger partial charge is 0.457 e. The molecule has 9 amide bonds. The third-order valence-electron chi connectivity index (χ3n) is 14.4. The summed E-state index contributed by atoms with van der Waals surface area (Å²) in [5.41, 5.74) is 9.01. The van der Waals surface area contributed by atoms with E-state index in [1.165, 1.54) is 17.1 Å². The van der Waals surface area contributed by atoms with E-state index < -0.39 is 66.4 Å². The molecular weight excluding hydrogens is 1040 g/mol. The molecule has 3 aliphatic heterocycles. The fourth-order valence-electron chi connectivity index (χ4n) is 9.48. The number of nitrogens with two attached hydrogens (primary N) is 1. The first-order chi connectivity index (χ1) is 38.6. The number of cyclic esters (lactones) is 1. The summed E-state index contributed by atoms with van der Waals surface area (Å²) in [6.07, 6.45) is 8.25. The van der Waals surface area contributed by atoms with E-state index in [9.17, 15) is 48.3 Å². The molecule has 0 aliphatic carbocycles. The number of urea groups is 1. The van der Waals surface area contributed by atoms with Gasteiger partial charge in [0, 0.05) is 89.2 Å². The van der Waals surface area contributed by atoms with Gasteiger partial charge in [0.15, 0.2) is 0 Å². The number of carbonyl (C=O) groups is 9. The second-order valence-electron chi connectivity index (χ2n) is 21.6. The van der Waals surface area contributed by atoms with Crippen molar-refractivity contribution < 1.29 is 62.5 Å². The number of aliphatic hydroxyl groups excluding tert-OH is 1. The van der Waals surface area contributed by atoms with E-state index in [2.05, 4.69) is 21.3 Å². The number of amides is 9. The fourth-order valence-corrected chi connectivity index (χ4v) is 9.48. The zero-order valence-electron chi connectivity index (χ0n) is 47.9. The van der Waals surface area contributed by atoms with Crippen molar-refractivity contribution in [1.82, 2.24) is 30.7 Å². The zero-order chi connectivity index (χ0) is 59.2. The first-order valence-electron chi connectivity index (χ1n) is 28.0. The molecule has 0 unspecified atom stereocenters. The molecule has 2 aromatic carbocycles. The fraction of sp³-hybridized carbons (Fsp3) is 0.542. The van der Waals surface area contributed by atoms with E-state index in [1.807, 2.05) is 82.3 Å². The lowest BCUT2D eigenvalue weighted by Crippen LogP contribution is -2.54. The molecule has 7 N–H and O–H groups in total. The third-order valence-corrected chi connectivity index (χ3v) is 14.4. The van der Waals surface area contributed by atoms with Gasteiger partial charge in [0.25, 0.3) is 11.8 Å². The quantitative estimate of drug-likeness (QED) is 0.0253. The summed E-state index contributed by atoms with van der Waals surface area (Å²) < 4.78 is 17.7. The number of benzene rings is 2. The molecule has 0 radical (unpaired) electrons.